The zero-order chi connectivity index (χ0) is 15.7. The lowest BCUT2D eigenvalue weighted by molar-refractivity contribution is 0.316. The molecule has 1 aromatic rings. The summed E-state index contributed by atoms with van der Waals surface area (Å²) in [7, 11) is -2.99. The fraction of sp³-hybridized carbons (Fsp3) is 0.467. The third-order valence-electron chi connectivity index (χ3n) is 2.68. The number of benzene rings is 1. The van der Waals surface area contributed by atoms with Gasteiger partial charge in [-0.3, -0.25) is 0 Å². The van der Waals surface area contributed by atoms with Crippen LogP contribution >= 0.6 is 11.6 Å². The van der Waals surface area contributed by atoms with Crippen molar-refractivity contribution in [2.24, 2.45) is 0 Å². The summed E-state index contributed by atoms with van der Waals surface area (Å²) in [6.07, 6.45) is 0.897. The van der Waals surface area contributed by atoms with Crippen LogP contribution in [0.25, 0.3) is 0 Å². The Morgan fingerprint density at radius 2 is 2.14 bits per heavy atom. The number of halogens is 2. The first kappa shape index (κ1) is 17.8. The molecule has 6 heteroatoms. The smallest absolute Gasteiger partial charge is 0.150 e. The van der Waals surface area contributed by atoms with Crippen molar-refractivity contribution >= 4 is 21.4 Å². The summed E-state index contributed by atoms with van der Waals surface area (Å²) < 4.78 is 41.4. The minimum atomic E-state index is -2.99. The molecule has 0 N–H and O–H groups in total. The Bertz CT molecular complexity index is 618. The van der Waals surface area contributed by atoms with E-state index in [-0.39, 0.29) is 18.1 Å². The zero-order valence-electron chi connectivity index (χ0n) is 11.9. The number of alkyl halides is 1. The molecule has 116 valence electrons. The molecule has 0 aliphatic carbocycles. The maximum Gasteiger partial charge on any atom is 0.150 e. The summed E-state index contributed by atoms with van der Waals surface area (Å²) in [5, 5.41) is 0. The molecule has 0 aliphatic heterocycles. The Kier molecular flexibility index (Phi) is 7.55. The SMILES string of the molecule is CCS(=O)(=O)CCCOc1ccc(F)cc1C#CCCCl. The lowest BCUT2D eigenvalue weighted by Gasteiger charge is -2.08. The molecule has 21 heavy (non-hydrogen) atoms. The molecule has 0 atom stereocenters. The van der Waals surface area contributed by atoms with Crippen LogP contribution in [0.15, 0.2) is 18.2 Å². The molecule has 0 saturated heterocycles. The highest BCUT2D eigenvalue weighted by Gasteiger charge is 2.08. The van der Waals surface area contributed by atoms with Gasteiger partial charge in [-0.1, -0.05) is 18.8 Å². The zero-order valence-corrected chi connectivity index (χ0v) is 13.4. The molecule has 0 bridgehead atoms. The first-order valence-corrected chi connectivity index (χ1v) is 9.01. The summed E-state index contributed by atoms with van der Waals surface area (Å²) in [4.78, 5) is 0. The van der Waals surface area contributed by atoms with Gasteiger partial charge in [-0.05, 0) is 24.6 Å². The minimum Gasteiger partial charge on any atom is -0.492 e. The molecule has 0 saturated carbocycles. The Balaban J connectivity index is 2.65. The lowest BCUT2D eigenvalue weighted by atomic mass is 10.2. The second-order valence-electron chi connectivity index (χ2n) is 4.32. The van der Waals surface area contributed by atoms with Crippen LogP contribution in [0.5, 0.6) is 5.75 Å². The molecule has 0 aliphatic rings. The van der Waals surface area contributed by atoms with Gasteiger partial charge in [0.05, 0.1) is 17.9 Å². The second kappa shape index (κ2) is 8.91. The molecule has 0 radical (unpaired) electrons. The number of ether oxygens (including phenoxy) is 1. The van der Waals surface area contributed by atoms with E-state index in [1.165, 1.54) is 18.2 Å². The number of rotatable bonds is 7. The van der Waals surface area contributed by atoms with Gasteiger partial charge < -0.3 is 4.74 Å². The van der Waals surface area contributed by atoms with E-state index < -0.39 is 15.7 Å². The molecule has 0 fully saturated rings. The van der Waals surface area contributed by atoms with Crippen molar-refractivity contribution in [1.29, 1.82) is 0 Å². The third-order valence-corrected chi connectivity index (χ3v) is 4.66. The Hall–Kier alpha value is -1.25. The molecule has 0 aromatic heterocycles. The van der Waals surface area contributed by atoms with Crippen LogP contribution in [0.1, 0.15) is 25.3 Å². The molecule has 0 unspecified atom stereocenters. The maximum absolute atomic E-state index is 13.2. The molecule has 3 nitrogen and oxygen atoms in total. The van der Waals surface area contributed by atoms with E-state index in [1.54, 1.807) is 6.92 Å². The quantitative estimate of drug-likeness (QED) is 0.438. The summed E-state index contributed by atoms with van der Waals surface area (Å²) >= 11 is 5.53. The molecular formula is C15H18ClFO3S. The molecule has 0 amide bonds. The van der Waals surface area contributed by atoms with E-state index in [2.05, 4.69) is 11.8 Å². The number of hydrogen-bond donors (Lipinski definition) is 0. The third kappa shape index (κ3) is 6.83. The summed E-state index contributed by atoms with van der Waals surface area (Å²) in [5.41, 5.74) is 0.443. The normalized spacial score (nSPS) is 10.8. The van der Waals surface area contributed by atoms with Crippen LogP contribution in [0.4, 0.5) is 4.39 Å². The van der Waals surface area contributed by atoms with Crippen molar-refractivity contribution in [2.45, 2.75) is 19.8 Å². The Morgan fingerprint density at radius 3 is 2.81 bits per heavy atom. The van der Waals surface area contributed by atoms with Crippen LogP contribution in [0.2, 0.25) is 0 Å². The van der Waals surface area contributed by atoms with E-state index in [9.17, 15) is 12.8 Å². The topological polar surface area (TPSA) is 43.4 Å². The molecule has 1 rings (SSSR count). The Morgan fingerprint density at radius 1 is 1.38 bits per heavy atom. The van der Waals surface area contributed by atoms with Gasteiger partial charge in [0.1, 0.15) is 21.4 Å². The summed E-state index contributed by atoms with van der Waals surface area (Å²) in [6.45, 7) is 1.86. The maximum atomic E-state index is 13.2. The highest BCUT2D eigenvalue weighted by atomic mass is 35.5. The van der Waals surface area contributed by atoms with E-state index in [1.807, 2.05) is 0 Å². The van der Waals surface area contributed by atoms with Crippen molar-refractivity contribution in [3.8, 4) is 17.6 Å². The molecule has 1 aromatic carbocycles. The summed E-state index contributed by atoms with van der Waals surface area (Å²) in [6, 6.07) is 4.07. The molecule has 0 heterocycles. The van der Waals surface area contributed by atoms with Gasteiger partial charge in [-0.2, -0.15) is 0 Å². The second-order valence-corrected chi connectivity index (χ2v) is 7.17. The van der Waals surface area contributed by atoms with Gasteiger partial charge in [-0.15, -0.1) is 11.6 Å². The first-order chi connectivity index (χ1) is 9.98. The van der Waals surface area contributed by atoms with E-state index in [4.69, 9.17) is 16.3 Å². The van der Waals surface area contributed by atoms with Crippen molar-refractivity contribution in [3.05, 3.63) is 29.6 Å². The monoisotopic (exact) mass is 332 g/mol. The number of hydrogen-bond acceptors (Lipinski definition) is 3. The van der Waals surface area contributed by atoms with Crippen LogP contribution in [0, 0.1) is 17.7 Å². The van der Waals surface area contributed by atoms with Crippen LogP contribution in [0.3, 0.4) is 0 Å². The average molecular weight is 333 g/mol. The predicted molar refractivity (Wildman–Crippen MR) is 83.1 cm³/mol. The van der Waals surface area contributed by atoms with Gasteiger partial charge in [-0.25, -0.2) is 12.8 Å². The Labute approximate surface area is 130 Å². The standard InChI is InChI=1S/C15H18ClFO3S/c1-2-21(18,19)11-5-10-20-15-8-7-14(17)12-13(15)6-3-4-9-16/h7-8,12H,2,4-5,9-11H2,1H3. The highest BCUT2D eigenvalue weighted by Crippen LogP contribution is 2.19. The van der Waals surface area contributed by atoms with Gasteiger partial charge in [0.15, 0.2) is 0 Å². The predicted octanol–water partition coefficient (Wildman–Crippen LogP) is 3.01. The van der Waals surface area contributed by atoms with Crippen LogP contribution in [-0.2, 0) is 9.84 Å². The lowest BCUT2D eigenvalue weighted by Crippen LogP contribution is -2.12. The van der Waals surface area contributed by atoms with E-state index in [0.29, 0.717) is 30.0 Å². The fourth-order valence-electron chi connectivity index (χ4n) is 1.54. The molecule has 0 spiro atoms. The average Bonchev–Trinajstić information content (AvgIpc) is 2.45. The minimum absolute atomic E-state index is 0.0813. The largest absolute Gasteiger partial charge is 0.492 e. The van der Waals surface area contributed by atoms with Crippen LogP contribution in [-0.4, -0.2) is 32.4 Å². The van der Waals surface area contributed by atoms with Crippen molar-refractivity contribution in [1.82, 2.24) is 0 Å². The highest BCUT2D eigenvalue weighted by molar-refractivity contribution is 7.91. The summed E-state index contributed by atoms with van der Waals surface area (Å²) in [5.74, 6) is 6.29. The van der Waals surface area contributed by atoms with E-state index in [0.717, 1.165) is 0 Å². The van der Waals surface area contributed by atoms with Crippen molar-refractivity contribution < 1.29 is 17.5 Å². The van der Waals surface area contributed by atoms with Crippen molar-refractivity contribution in [2.75, 3.05) is 24.0 Å². The molecular weight excluding hydrogens is 315 g/mol. The first-order valence-electron chi connectivity index (χ1n) is 6.66. The van der Waals surface area contributed by atoms with E-state index >= 15 is 0 Å². The van der Waals surface area contributed by atoms with Gasteiger partial charge in [0, 0.05) is 18.1 Å². The van der Waals surface area contributed by atoms with Gasteiger partial charge in [0.25, 0.3) is 0 Å². The van der Waals surface area contributed by atoms with Crippen molar-refractivity contribution in [3.63, 3.8) is 0 Å². The fourth-order valence-corrected chi connectivity index (χ4v) is 2.48. The van der Waals surface area contributed by atoms with Gasteiger partial charge in [0.2, 0.25) is 0 Å². The van der Waals surface area contributed by atoms with Gasteiger partial charge >= 0.3 is 0 Å². The number of sulfone groups is 1. The van der Waals surface area contributed by atoms with Crippen LogP contribution < -0.4 is 4.74 Å².